The molecular weight excluding hydrogens is 210 g/mol. The van der Waals surface area contributed by atoms with Crippen LogP contribution in [0.25, 0.3) is 0 Å². The van der Waals surface area contributed by atoms with E-state index in [-0.39, 0.29) is 5.97 Å². The fourth-order valence-corrected chi connectivity index (χ4v) is 1.05. The van der Waals surface area contributed by atoms with Crippen molar-refractivity contribution in [2.75, 3.05) is 33.0 Å². The van der Waals surface area contributed by atoms with Crippen LogP contribution in [0.2, 0.25) is 0 Å². The number of nitrogens with two attached hydrogens (primary N) is 1. The van der Waals surface area contributed by atoms with Gasteiger partial charge in [0, 0.05) is 13.2 Å². The lowest BCUT2D eigenvalue weighted by atomic mass is 10.0. The highest BCUT2D eigenvalue weighted by molar-refractivity contribution is 5.79. The third-order valence-corrected chi connectivity index (χ3v) is 2.08. The molecule has 0 aliphatic carbocycles. The Balaban J connectivity index is 3.61. The monoisotopic (exact) mass is 233 g/mol. The summed E-state index contributed by atoms with van der Waals surface area (Å²) < 4.78 is 15.2. The Labute approximate surface area is 97.2 Å². The molecule has 0 aliphatic rings. The second-order valence-electron chi connectivity index (χ2n) is 3.70. The first-order chi connectivity index (χ1) is 7.54. The first-order valence-corrected chi connectivity index (χ1v) is 5.66. The van der Waals surface area contributed by atoms with E-state index >= 15 is 0 Å². The average Bonchev–Trinajstić information content (AvgIpc) is 2.23. The predicted octanol–water partition coefficient (Wildman–Crippen LogP) is 0.710. The van der Waals surface area contributed by atoms with Crippen LogP contribution in [0, 0.1) is 0 Å². The summed E-state index contributed by atoms with van der Waals surface area (Å²) in [5.74, 6) is -0.386. The zero-order valence-corrected chi connectivity index (χ0v) is 10.5. The third-order valence-electron chi connectivity index (χ3n) is 2.08. The van der Waals surface area contributed by atoms with Crippen LogP contribution in [-0.4, -0.2) is 44.5 Å². The van der Waals surface area contributed by atoms with Crippen LogP contribution >= 0.6 is 0 Å². The van der Waals surface area contributed by atoms with Gasteiger partial charge in [0.25, 0.3) is 0 Å². The summed E-state index contributed by atoms with van der Waals surface area (Å²) in [6, 6.07) is 0. The van der Waals surface area contributed by atoms with Crippen LogP contribution in [-0.2, 0) is 19.0 Å². The average molecular weight is 233 g/mol. The van der Waals surface area contributed by atoms with E-state index in [1.807, 2.05) is 6.92 Å². The highest BCUT2D eigenvalue weighted by Gasteiger charge is 2.29. The molecule has 96 valence electrons. The van der Waals surface area contributed by atoms with E-state index in [9.17, 15) is 4.79 Å². The van der Waals surface area contributed by atoms with Gasteiger partial charge in [-0.2, -0.15) is 0 Å². The fourth-order valence-electron chi connectivity index (χ4n) is 1.05. The largest absolute Gasteiger partial charge is 0.465 e. The predicted molar refractivity (Wildman–Crippen MR) is 61.2 cm³/mol. The van der Waals surface area contributed by atoms with Gasteiger partial charge < -0.3 is 19.9 Å². The Morgan fingerprint density at radius 3 is 2.31 bits per heavy atom. The van der Waals surface area contributed by atoms with E-state index in [0.717, 1.165) is 0 Å². The molecule has 5 heteroatoms. The maximum Gasteiger partial charge on any atom is 0.325 e. The maximum atomic E-state index is 11.4. The molecule has 0 rings (SSSR count). The number of ether oxygens (including phenoxy) is 3. The number of carbonyl (C=O) groups is 1. The van der Waals surface area contributed by atoms with E-state index in [1.165, 1.54) is 0 Å². The Bertz CT molecular complexity index is 194. The molecule has 0 amide bonds. The smallest absolute Gasteiger partial charge is 0.325 e. The Hall–Kier alpha value is -0.650. The summed E-state index contributed by atoms with van der Waals surface area (Å²) in [4.78, 5) is 11.4. The van der Waals surface area contributed by atoms with Gasteiger partial charge in [-0.25, -0.2) is 0 Å². The molecule has 0 bridgehead atoms. The van der Waals surface area contributed by atoms with Crippen molar-refractivity contribution in [2.45, 2.75) is 32.7 Å². The summed E-state index contributed by atoms with van der Waals surface area (Å²) in [6.45, 7) is 7.88. The van der Waals surface area contributed by atoms with Gasteiger partial charge in [0.15, 0.2) is 0 Å². The van der Waals surface area contributed by atoms with E-state index < -0.39 is 5.54 Å². The molecule has 0 saturated heterocycles. The number of carbonyl (C=O) groups excluding carboxylic acids is 1. The minimum absolute atomic E-state index is 0.344. The molecule has 0 spiro atoms. The zero-order chi connectivity index (χ0) is 12.4. The Morgan fingerprint density at radius 2 is 1.75 bits per heavy atom. The number of hydrogen-bond donors (Lipinski definition) is 1. The van der Waals surface area contributed by atoms with Crippen LogP contribution in [0.5, 0.6) is 0 Å². The SMILES string of the molecule is CCOCCOCCC(C)(N)C(=O)OCC. The normalized spacial score (nSPS) is 14.5. The van der Waals surface area contributed by atoms with Crippen LogP contribution in [0.15, 0.2) is 0 Å². The molecule has 5 nitrogen and oxygen atoms in total. The number of hydrogen-bond acceptors (Lipinski definition) is 5. The number of esters is 1. The van der Waals surface area contributed by atoms with Crippen molar-refractivity contribution in [3.05, 3.63) is 0 Å². The molecule has 0 aromatic heterocycles. The van der Waals surface area contributed by atoms with Gasteiger partial charge in [0.1, 0.15) is 5.54 Å². The molecule has 2 N–H and O–H groups in total. The maximum absolute atomic E-state index is 11.4. The first-order valence-electron chi connectivity index (χ1n) is 5.66. The fraction of sp³-hybridized carbons (Fsp3) is 0.909. The molecule has 0 fully saturated rings. The highest BCUT2D eigenvalue weighted by atomic mass is 16.5. The highest BCUT2D eigenvalue weighted by Crippen LogP contribution is 2.08. The second-order valence-corrected chi connectivity index (χ2v) is 3.70. The molecular formula is C11H23NO4. The Morgan fingerprint density at radius 1 is 1.12 bits per heavy atom. The zero-order valence-electron chi connectivity index (χ0n) is 10.5. The summed E-state index contributed by atoms with van der Waals surface area (Å²) in [7, 11) is 0. The standard InChI is InChI=1S/C11H23NO4/c1-4-14-8-9-15-7-6-11(3,12)10(13)16-5-2/h4-9,12H2,1-3H3. The van der Waals surface area contributed by atoms with E-state index in [4.69, 9.17) is 19.9 Å². The molecule has 0 aromatic rings. The van der Waals surface area contributed by atoms with Crippen LogP contribution < -0.4 is 5.73 Å². The summed E-state index contributed by atoms with van der Waals surface area (Å²) in [5.41, 5.74) is 4.83. The molecule has 16 heavy (non-hydrogen) atoms. The van der Waals surface area contributed by atoms with Gasteiger partial charge in [0.2, 0.25) is 0 Å². The summed E-state index contributed by atoms with van der Waals surface area (Å²) in [6.07, 6.45) is 0.442. The van der Waals surface area contributed by atoms with Crippen molar-refractivity contribution in [2.24, 2.45) is 5.73 Å². The topological polar surface area (TPSA) is 70.8 Å². The van der Waals surface area contributed by atoms with Crippen molar-refractivity contribution in [3.8, 4) is 0 Å². The number of rotatable bonds is 9. The van der Waals surface area contributed by atoms with Crippen molar-refractivity contribution in [1.29, 1.82) is 0 Å². The Kier molecular flexibility index (Phi) is 8.15. The van der Waals surface area contributed by atoms with E-state index in [0.29, 0.717) is 39.5 Å². The lowest BCUT2D eigenvalue weighted by Crippen LogP contribution is -2.47. The summed E-state index contributed by atoms with van der Waals surface area (Å²) >= 11 is 0. The van der Waals surface area contributed by atoms with E-state index in [1.54, 1.807) is 13.8 Å². The first kappa shape index (κ1) is 15.3. The lowest BCUT2D eigenvalue weighted by molar-refractivity contribution is -0.149. The molecule has 0 aromatic carbocycles. The molecule has 0 aliphatic heterocycles. The van der Waals surface area contributed by atoms with Crippen molar-refractivity contribution < 1.29 is 19.0 Å². The minimum atomic E-state index is -0.971. The van der Waals surface area contributed by atoms with Crippen molar-refractivity contribution in [1.82, 2.24) is 0 Å². The van der Waals surface area contributed by atoms with Crippen LogP contribution in [0.1, 0.15) is 27.2 Å². The van der Waals surface area contributed by atoms with Crippen LogP contribution in [0.3, 0.4) is 0 Å². The molecule has 1 unspecified atom stereocenters. The third kappa shape index (κ3) is 6.76. The summed E-state index contributed by atoms with van der Waals surface area (Å²) in [5, 5.41) is 0. The van der Waals surface area contributed by atoms with Crippen molar-refractivity contribution >= 4 is 5.97 Å². The van der Waals surface area contributed by atoms with Gasteiger partial charge in [-0.1, -0.05) is 0 Å². The lowest BCUT2D eigenvalue weighted by Gasteiger charge is -2.21. The van der Waals surface area contributed by atoms with Gasteiger partial charge in [-0.05, 0) is 27.2 Å². The van der Waals surface area contributed by atoms with Gasteiger partial charge in [-0.3, -0.25) is 4.79 Å². The van der Waals surface area contributed by atoms with Crippen molar-refractivity contribution in [3.63, 3.8) is 0 Å². The van der Waals surface area contributed by atoms with E-state index in [2.05, 4.69) is 0 Å². The molecule has 0 heterocycles. The molecule has 1 atom stereocenters. The minimum Gasteiger partial charge on any atom is -0.465 e. The quantitative estimate of drug-likeness (QED) is 0.469. The molecule has 0 radical (unpaired) electrons. The second kappa shape index (κ2) is 8.50. The van der Waals surface area contributed by atoms with Gasteiger partial charge >= 0.3 is 5.97 Å². The van der Waals surface area contributed by atoms with Gasteiger partial charge in [-0.15, -0.1) is 0 Å². The molecule has 0 saturated carbocycles. The van der Waals surface area contributed by atoms with Crippen LogP contribution in [0.4, 0.5) is 0 Å². The van der Waals surface area contributed by atoms with Gasteiger partial charge in [0.05, 0.1) is 19.8 Å².